The summed E-state index contributed by atoms with van der Waals surface area (Å²) in [7, 11) is -3.23. The Balaban J connectivity index is 4.30. The lowest BCUT2D eigenvalue weighted by molar-refractivity contribution is -0.155. The molecule has 0 heterocycles. The molecule has 7 heteroatoms. The summed E-state index contributed by atoms with van der Waals surface area (Å²) in [6.45, 7) is 7.88. The highest BCUT2D eigenvalue weighted by Crippen LogP contribution is 2.45. The van der Waals surface area contributed by atoms with Crippen LogP contribution in [0.2, 0.25) is 0 Å². The second-order valence-corrected chi connectivity index (χ2v) is 6.24. The molecule has 0 amide bonds. The van der Waals surface area contributed by atoms with Gasteiger partial charge in [0.2, 0.25) is 0 Å². The van der Waals surface area contributed by atoms with Gasteiger partial charge in [-0.3, -0.25) is 4.57 Å². The highest BCUT2D eigenvalue weighted by atomic mass is 31.2. The number of hydrogen-bond donors (Lipinski definition) is 1. The third-order valence-electron chi connectivity index (χ3n) is 1.57. The first kappa shape index (κ1) is 16.6. The van der Waals surface area contributed by atoms with Crippen LogP contribution in [-0.2, 0) is 23.1 Å². The van der Waals surface area contributed by atoms with E-state index in [9.17, 15) is 9.36 Å². The molecule has 1 unspecified atom stereocenters. The van der Waals surface area contributed by atoms with Gasteiger partial charge in [-0.1, -0.05) is 0 Å². The topological polar surface area (TPSA) is 82.1 Å². The van der Waals surface area contributed by atoms with Crippen molar-refractivity contribution in [3.8, 4) is 0 Å². The number of carboxylic acid groups (broad SMARTS) is 1. The molecule has 0 aromatic rings. The van der Waals surface area contributed by atoms with E-state index in [0.717, 1.165) is 0 Å². The van der Waals surface area contributed by atoms with Crippen LogP contribution in [0.1, 0.15) is 27.7 Å². The number of aliphatic carboxylic acids is 1. The van der Waals surface area contributed by atoms with Gasteiger partial charge in [0.15, 0.2) is 6.10 Å². The van der Waals surface area contributed by atoms with E-state index < -0.39 is 19.7 Å². The first-order chi connectivity index (χ1) is 7.64. The lowest BCUT2D eigenvalue weighted by atomic mass is 10.3. The maximum atomic E-state index is 11.7. The molecule has 0 aromatic carbocycles. The molecule has 0 aliphatic rings. The van der Waals surface area contributed by atoms with Crippen LogP contribution in [0.3, 0.4) is 0 Å². The Labute approximate surface area is 102 Å². The van der Waals surface area contributed by atoms with Crippen LogP contribution in [0.25, 0.3) is 0 Å². The zero-order chi connectivity index (χ0) is 13.6. The maximum Gasteiger partial charge on any atom is 0.335 e. The van der Waals surface area contributed by atoms with Gasteiger partial charge in [-0.2, -0.15) is 0 Å². The number of carboxylic acids is 1. The van der Waals surface area contributed by atoms with Gasteiger partial charge in [0.05, 0.1) is 18.8 Å². The molecule has 0 saturated carbocycles. The average Bonchev–Trinajstić information content (AvgIpc) is 2.08. The zero-order valence-corrected chi connectivity index (χ0v) is 11.8. The van der Waals surface area contributed by atoms with E-state index >= 15 is 0 Å². The van der Waals surface area contributed by atoms with Crippen molar-refractivity contribution in [2.75, 3.05) is 13.3 Å². The molecular weight excluding hydrogens is 247 g/mol. The van der Waals surface area contributed by atoms with Crippen molar-refractivity contribution < 1.29 is 28.3 Å². The van der Waals surface area contributed by atoms with E-state index in [1.807, 2.05) is 0 Å². The molecule has 6 nitrogen and oxygen atoms in total. The van der Waals surface area contributed by atoms with Crippen LogP contribution in [0.15, 0.2) is 0 Å². The molecular formula is C10H21O6P. The average molecular weight is 268 g/mol. The Hall–Kier alpha value is -0.420. The summed E-state index contributed by atoms with van der Waals surface area (Å²) in [5, 5.41) is 8.87. The van der Waals surface area contributed by atoms with E-state index in [2.05, 4.69) is 0 Å². The Morgan fingerprint density at radius 1 is 1.24 bits per heavy atom. The van der Waals surface area contributed by atoms with Crippen molar-refractivity contribution in [3.05, 3.63) is 0 Å². The van der Waals surface area contributed by atoms with E-state index in [-0.39, 0.29) is 18.8 Å². The van der Waals surface area contributed by atoms with E-state index in [1.165, 1.54) is 6.66 Å². The predicted molar refractivity (Wildman–Crippen MR) is 63.3 cm³/mol. The molecule has 0 bridgehead atoms. The molecule has 0 aromatic heterocycles. The fraction of sp³-hybridized carbons (Fsp3) is 0.900. The van der Waals surface area contributed by atoms with Gasteiger partial charge in [-0.25, -0.2) is 4.79 Å². The lowest BCUT2D eigenvalue weighted by Crippen LogP contribution is -2.31. The molecule has 102 valence electrons. The third kappa shape index (κ3) is 8.32. The van der Waals surface area contributed by atoms with Crippen molar-refractivity contribution >= 4 is 13.6 Å². The van der Waals surface area contributed by atoms with E-state index in [0.29, 0.717) is 0 Å². The zero-order valence-electron chi connectivity index (χ0n) is 10.9. The van der Waals surface area contributed by atoms with Gasteiger partial charge in [0.25, 0.3) is 0 Å². The minimum Gasteiger partial charge on any atom is -0.479 e. The van der Waals surface area contributed by atoms with Crippen molar-refractivity contribution in [3.63, 3.8) is 0 Å². The van der Waals surface area contributed by atoms with Crippen molar-refractivity contribution in [1.82, 2.24) is 0 Å². The molecule has 0 saturated heterocycles. The third-order valence-corrected chi connectivity index (χ3v) is 3.00. The highest BCUT2D eigenvalue weighted by Gasteiger charge is 2.26. The molecule has 0 radical (unpaired) electrons. The largest absolute Gasteiger partial charge is 0.479 e. The van der Waals surface area contributed by atoms with Crippen LogP contribution < -0.4 is 0 Å². The Morgan fingerprint density at radius 3 is 2.12 bits per heavy atom. The van der Waals surface area contributed by atoms with Gasteiger partial charge in [-0.15, -0.1) is 0 Å². The first-order valence-corrected chi connectivity index (χ1v) is 7.41. The fourth-order valence-electron chi connectivity index (χ4n) is 1.11. The van der Waals surface area contributed by atoms with Crippen molar-refractivity contribution in [1.29, 1.82) is 0 Å². The predicted octanol–water partition coefficient (Wildman–Crippen LogP) is 2.13. The summed E-state index contributed by atoms with van der Waals surface area (Å²) in [5.41, 5.74) is 0. The minimum absolute atomic E-state index is 0.248. The standard InChI is InChI=1S/C10H21O6P/c1-7(2)15-9(10(11)12)6-14-17(5,13)16-8(3)4/h7-9H,6H2,1-5H3,(H,11,12)/t9-,17?/m0/s1. The molecule has 0 aliphatic heterocycles. The van der Waals surface area contributed by atoms with E-state index in [4.69, 9.17) is 18.9 Å². The molecule has 0 rings (SSSR count). The Morgan fingerprint density at radius 2 is 1.76 bits per heavy atom. The molecule has 17 heavy (non-hydrogen) atoms. The molecule has 0 spiro atoms. The van der Waals surface area contributed by atoms with Gasteiger partial charge >= 0.3 is 13.6 Å². The quantitative estimate of drug-likeness (QED) is 0.679. The van der Waals surface area contributed by atoms with Crippen LogP contribution in [0.5, 0.6) is 0 Å². The van der Waals surface area contributed by atoms with Crippen LogP contribution in [-0.4, -0.2) is 42.7 Å². The summed E-state index contributed by atoms with van der Waals surface area (Å²) in [4.78, 5) is 10.8. The summed E-state index contributed by atoms with van der Waals surface area (Å²) in [6.07, 6.45) is -1.64. The maximum absolute atomic E-state index is 11.7. The normalized spacial score (nSPS) is 17.1. The van der Waals surface area contributed by atoms with Gasteiger partial charge in [0, 0.05) is 6.66 Å². The van der Waals surface area contributed by atoms with Crippen LogP contribution in [0.4, 0.5) is 0 Å². The van der Waals surface area contributed by atoms with Crippen molar-refractivity contribution in [2.24, 2.45) is 0 Å². The number of ether oxygens (including phenoxy) is 1. The van der Waals surface area contributed by atoms with Crippen molar-refractivity contribution in [2.45, 2.75) is 46.0 Å². The second kappa shape index (κ2) is 7.11. The molecule has 2 atom stereocenters. The summed E-state index contributed by atoms with van der Waals surface area (Å²) in [5.74, 6) is -1.15. The fourth-order valence-corrected chi connectivity index (χ4v) is 2.35. The lowest BCUT2D eigenvalue weighted by Gasteiger charge is -2.20. The monoisotopic (exact) mass is 268 g/mol. The number of carbonyl (C=O) groups is 1. The highest BCUT2D eigenvalue weighted by molar-refractivity contribution is 7.53. The van der Waals surface area contributed by atoms with Gasteiger partial charge < -0.3 is 18.9 Å². The van der Waals surface area contributed by atoms with E-state index in [1.54, 1.807) is 27.7 Å². The number of hydrogen-bond acceptors (Lipinski definition) is 5. The second-order valence-electron chi connectivity index (χ2n) is 4.23. The molecule has 0 aliphatic carbocycles. The summed E-state index contributed by atoms with van der Waals surface area (Å²) in [6, 6.07) is 0. The summed E-state index contributed by atoms with van der Waals surface area (Å²) < 4.78 is 26.9. The summed E-state index contributed by atoms with van der Waals surface area (Å²) >= 11 is 0. The Bertz CT molecular complexity index is 289. The molecule has 1 N–H and O–H groups in total. The van der Waals surface area contributed by atoms with Crippen LogP contribution in [0, 0.1) is 0 Å². The first-order valence-electron chi connectivity index (χ1n) is 5.42. The number of rotatable bonds is 8. The SMILES string of the molecule is CC(C)O[C@@H](COP(C)(=O)OC(C)C)C(=O)O. The minimum atomic E-state index is -3.23. The van der Waals surface area contributed by atoms with Gasteiger partial charge in [0.1, 0.15) is 0 Å². The van der Waals surface area contributed by atoms with Gasteiger partial charge in [-0.05, 0) is 27.7 Å². The van der Waals surface area contributed by atoms with Crippen LogP contribution >= 0.6 is 7.60 Å². The Kier molecular flexibility index (Phi) is 6.94. The smallest absolute Gasteiger partial charge is 0.335 e. The molecule has 0 fully saturated rings.